The van der Waals surface area contributed by atoms with Crippen molar-refractivity contribution in [3.05, 3.63) is 40.0 Å². The Hall–Kier alpha value is -1.77. The lowest BCUT2D eigenvalue weighted by Gasteiger charge is -2.16. The molecule has 2 aromatic rings. The highest BCUT2D eigenvalue weighted by Crippen LogP contribution is 2.34. The highest BCUT2D eigenvalue weighted by molar-refractivity contribution is 6.39. The fourth-order valence-electron chi connectivity index (χ4n) is 1.73. The lowest BCUT2D eigenvalue weighted by molar-refractivity contribution is -0.141. The number of aliphatic hydroxyl groups is 1. The van der Waals surface area contributed by atoms with Gasteiger partial charge in [-0.15, -0.1) is 0 Å². The summed E-state index contributed by atoms with van der Waals surface area (Å²) >= 11 is 12.0. The molecule has 0 saturated carbocycles. The van der Waals surface area contributed by atoms with Crippen LogP contribution in [0.15, 0.2) is 24.3 Å². The zero-order chi connectivity index (χ0) is 17.9. The molecule has 0 aliphatic heterocycles. The van der Waals surface area contributed by atoms with Crippen LogP contribution in [0.2, 0.25) is 10.0 Å². The van der Waals surface area contributed by atoms with E-state index in [0.717, 1.165) is 6.07 Å². The van der Waals surface area contributed by atoms with Crippen LogP contribution in [0.4, 0.5) is 30.6 Å². The number of nitrogens with one attached hydrogen (secondary N) is 2. The maximum atomic E-state index is 13.0. The third-order valence-corrected chi connectivity index (χ3v) is 3.51. The second kappa shape index (κ2) is 7.42. The first-order valence-electron chi connectivity index (χ1n) is 6.75. The number of para-hydroxylation sites is 1. The highest BCUT2D eigenvalue weighted by Gasteiger charge is 2.34. The first kappa shape index (κ1) is 18.6. The van der Waals surface area contributed by atoms with Gasteiger partial charge in [0.15, 0.2) is 5.69 Å². The Labute approximate surface area is 145 Å². The summed E-state index contributed by atoms with van der Waals surface area (Å²) in [6.45, 7) is 1.28. The lowest BCUT2D eigenvalue weighted by Crippen LogP contribution is -2.22. The number of hydrogen-bond donors (Lipinski definition) is 3. The standard InChI is InChI=1S/C14H13Cl2F3N4O/c1-7(6-24)20-13-21-10(14(17,18)19)5-11(23-13)22-12-8(15)3-2-4-9(12)16/h2-5,7,24H,6H2,1H3,(H2,20,21,22,23)/t7-/m0/s1. The monoisotopic (exact) mass is 380 g/mol. The molecule has 130 valence electrons. The fraction of sp³-hybridized carbons (Fsp3) is 0.286. The van der Waals surface area contributed by atoms with E-state index in [-0.39, 0.29) is 34.1 Å². The SMILES string of the molecule is C[C@@H](CO)Nc1nc(Nc2c(Cl)cccc2Cl)cc(C(F)(F)F)n1. The molecule has 0 spiro atoms. The number of nitrogens with zero attached hydrogens (tertiary/aromatic N) is 2. The number of rotatable bonds is 5. The number of aliphatic hydroxyl groups excluding tert-OH is 1. The zero-order valence-corrected chi connectivity index (χ0v) is 13.8. The van der Waals surface area contributed by atoms with Crippen molar-refractivity contribution in [2.24, 2.45) is 0 Å². The van der Waals surface area contributed by atoms with E-state index in [1.165, 1.54) is 12.1 Å². The maximum absolute atomic E-state index is 13.0. The van der Waals surface area contributed by atoms with Crippen LogP contribution >= 0.6 is 23.2 Å². The third kappa shape index (κ3) is 4.62. The molecule has 1 atom stereocenters. The molecule has 0 fully saturated rings. The van der Waals surface area contributed by atoms with E-state index in [1.807, 2.05) is 0 Å². The van der Waals surface area contributed by atoms with E-state index >= 15 is 0 Å². The molecule has 1 aromatic heterocycles. The van der Waals surface area contributed by atoms with Gasteiger partial charge in [0.2, 0.25) is 5.95 Å². The van der Waals surface area contributed by atoms with Gasteiger partial charge in [-0.2, -0.15) is 18.2 Å². The van der Waals surface area contributed by atoms with Crippen LogP contribution in [0.1, 0.15) is 12.6 Å². The number of aromatic nitrogens is 2. The molecule has 2 rings (SSSR count). The van der Waals surface area contributed by atoms with Crippen molar-refractivity contribution in [2.75, 3.05) is 17.2 Å². The van der Waals surface area contributed by atoms with E-state index in [0.29, 0.717) is 0 Å². The molecule has 0 bridgehead atoms. The maximum Gasteiger partial charge on any atom is 0.433 e. The van der Waals surface area contributed by atoms with Crippen LogP contribution in [0.3, 0.4) is 0 Å². The van der Waals surface area contributed by atoms with Gasteiger partial charge in [-0.3, -0.25) is 0 Å². The van der Waals surface area contributed by atoms with Gasteiger partial charge in [0.1, 0.15) is 5.82 Å². The lowest BCUT2D eigenvalue weighted by atomic mass is 10.3. The average Bonchev–Trinajstić information content (AvgIpc) is 2.50. The van der Waals surface area contributed by atoms with E-state index in [2.05, 4.69) is 20.6 Å². The average molecular weight is 381 g/mol. The van der Waals surface area contributed by atoms with Crippen molar-refractivity contribution < 1.29 is 18.3 Å². The topological polar surface area (TPSA) is 70.1 Å². The van der Waals surface area contributed by atoms with E-state index < -0.39 is 17.9 Å². The Morgan fingerprint density at radius 3 is 2.38 bits per heavy atom. The third-order valence-electron chi connectivity index (χ3n) is 2.88. The molecule has 1 heterocycles. The van der Waals surface area contributed by atoms with Crippen molar-refractivity contribution in [1.29, 1.82) is 0 Å². The van der Waals surface area contributed by atoms with Crippen LogP contribution in [0, 0.1) is 0 Å². The first-order valence-corrected chi connectivity index (χ1v) is 7.51. The van der Waals surface area contributed by atoms with Crippen LogP contribution in [-0.4, -0.2) is 27.7 Å². The molecule has 0 radical (unpaired) electrons. The molecule has 1 aromatic carbocycles. The smallest absolute Gasteiger partial charge is 0.394 e. The van der Waals surface area contributed by atoms with Crippen LogP contribution in [0.5, 0.6) is 0 Å². The minimum Gasteiger partial charge on any atom is -0.394 e. The molecule has 0 aliphatic rings. The minimum atomic E-state index is -4.66. The number of halogens is 5. The summed E-state index contributed by atoms with van der Waals surface area (Å²) in [5.41, 5.74) is -0.912. The summed E-state index contributed by atoms with van der Waals surface area (Å²) in [7, 11) is 0. The van der Waals surface area contributed by atoms with Gasteiger partial charge in [-0.25, -0.2) is 4.98 Å². The molecule has 5 nitrogen and oxygen atoms in total. The largest absolute Gasteiger partial charge is 0.433 e. The minimum absolute atomic E-state index is 0.139. The van der Waals surface area contributed by atoms with Crippen molar-refractivity contribution in [1.82, 2.24) is 9.97 Å². The summed E-state index contributed by atoms with van der Waals surface area (Å²) in [5.74, 6) is -0.419. The molecule has 10 heteroatoms. The van der Waals surface area contributed by atoms with Crippen LogP contribution in [0.25, 0.3) is 0 Å². The van der Waals surface area contributed by atoms with E-state index in [1.54, 1.807) is 13.0 Å². The fourth-order valence-corrected chi connectivity index (χ4v) is 2.22. The molecular formula is C14H13Cl2F3N4O. The van der Waals surface area contributed by atoms with Gasteiger partial charge in [-0.1, -0.05) is 29.3 Å². The molecule has 24 heavy (non-hydrogen) atoms. The summed E-state index contributed by atoms with van der Waals surface area (Å²) in [4.78, 5) is 7.37. The highest BCUT2D eigenvalue weighted by atomic mass is 35.5. The number of alkyl halides is 3. The van der Waals surface area contributed by atoms with E-state index in [4.69, 9.17) is 28.3 Å². The Bertz CT molecular complexity index is 707. The van der Waals surface area contributed by atoms with Gasteiger partial charge < -0.3 is 15.7 Å². The molecule has 0 amide bonds. The molecule has 0 saturated heterocycles. The first-order chi connectivity index (χ1) is 11.2. The summed E-state index contributed by atoms with van der Waals surface area (Å²) in [6.07, 6.45) is -4.66. The zero-order valence-electron chi connectivity index (χ0n) is 12.3. The van der Waals surface area contributed by atoms with Crippen LogP contribution in [-0.2, 0) is 6.18 Å². The molecule has 0 unspecified atom stereocenters. The molecule has 3 N–H and O–H groups in total. The van der Waals surface area contributed by atoms with Gasteiger partial charge in [0, 0.05) is 12.1 Å². The molecule has 0 aliphatic carbocycles. The Kier molecular flexibility index (Phi) is 5.74. The summed E-state index contributed by atoms with van der Waals surface area (Å²) in [6, 6.07) is 4.90. The summed E-state index contributed by atoms with van der Waals surface area (Å²) in [5, 5.41) is 14.7. The van der Waals surface area contributed by atoms with Gasteiger partial charge in [0.25, 0.3) is 0 Å². The quantitative estimate of drug-likeness (QED) is 0.719. The number of hydrogen-bond acceptors (Lipinski definition) is 5. The van der Waals surface area contributed by atoms with Gasteiger partial charge in [0.05, 0.1) is 22.3 Å². The van der Waals surface area contributed by atoms with Crippen molar-refractivity contribution in [3.8, 4) is 0 Å². The van der Waals surface area contributed by atoms with Crippen molar-refractivity contribution in [3.63, 3.8) is 0 Å². The normalized spacial score (nSPS) is 12.8. The van der Waals surface area contributed by atoms with Crippen LogP contribution < -0.4 is 10.6 Å². The Balaban J connectivity index is 2.43. The predicted molar refractivity (Wildman–Crippen MR) is 86.9 cm³/mol. The number of anilines is 3. The van der Waals surface area contributed by atoms with Crippen molar-refractivity contribution in [2.45, 2.75) is 19.1 Å². The Morgan fingerprint density at radius 1 is 1.21 bits per heavy atom. The van der Waals surface area contributed by atoms with Gasteiger partial charge in [-0.05, 0) is 19.1 Å². The van der Waals surface area contributed by atoms with Gasteiger partial charge >= 0.3 is 6.18 Å². The summed E-state index contributed by atoms with van der Waals surface area (Å²) < 4.78 is 39.1. The number of benzene rings is 1. The van der Waals surface area contributed by atoms with Crippen molar-refractivity contribution >= 4 is 40.7 Å². The predicted octanol–water partition coefficient (Wildman–Crippen LogP) is 4.34. The molecular weight excluding hydrogens is 368 g/mol. The Morgan fingerprint density at radius 2 is 1.83 bits per heavy atom. The second-order valence-electron chi connectivity index (χ2n) is 4.91. The second-order valence-corrected chi connectivity index (χ2v) is 5.72. The van der Waals surface area contributed by atoms with E-state index in [9.17, 15) is 13.2 Å².